The molecule has 0 aromatic heterocycles. The SMILES string of the molecule is CCCCN1C(=O)C(=O)/C(=C(/O)c2ccc(OC)cc2)C1c1ccc(Br)cc1. The number of carbonyl (C=O) groups excluding carboxylic acids is 2. The molecule has 3 rings (SSSR count). The number of halogens is 1. The van der Waals surface area contributed by atoms with E-state index in [1.165, 1.54) is 0 Å². The zero-order valence-corrected chi connectivity index (χ0v) is 17.4. The van der Waals surface area contributed by atoms with Crippen molar-refractivity contribution in [3.8, 4) is 5.75 Å². The second-order valence-corrected chi connectivity index (χ2v) is 7.54. The average molecular weight is 444 g/mol. The van der Waals surface area contributed by atoms with E-state index in [0.29, 0.717) is 17.9 Å². The average Bonchev–Trinajstić information content (AvgIpc) is 2.97. The summed E-state index contributed by atoms with van der Waals surface area (Å²) in [7, 11) is 1.56. The molecule has 146 valence electrons. The molecule has 28 heavy (non-hydrogen) atoms. The van der Waals surface area contributed by atoms with Crippen molar-refractivity contribution in [3.05, 3.63) is 69.7 Å². The van der Waals surface area contributed by atoms with Gasteiger partial charge in [-0.05, 0) is 48.4 Å². The van der Waals surface area contributed by atoms with Crippen LogP contribution in [0.2, 0.25) is 0 Å². The van der Waals surface area contributed by atoms with E-state index in [4.69, 9.17) is 4.74 Å². The van der Waals surface area contributed by atoms with Crippen LogP contribution >= 0.6 is 15.9 Å². The number of ketones is 1. The molecule has 0 aliphatic carbocycles. The lowest BCUT2D eigenvalue weighted by atomic mass is 9.95. The third-order valence-electron chi connectivity index (χ3n) is 4.84. The van der Waals surface area contributed by atoms with Crippen molar-refractivity contribution in [1.82, 2.24) is 4.90 Å². The van der Waals surface area contributed by atoms with Gasteiger partial charge in [0, 0.05) is 16.6 Å². The number of Topliss-reactive ketones (excluding diaryl/α,β-unsaturated/α-hetero) is 1. The van der Waals surface area contributed by atoms with Gasteiger partial charge in [-0.25, -0.2) is 0 Å². The summed E-state index contributed by atoms with van der Waals surface area (Å²) in [6, 6.07) is 13.6. The van der Waals surface area contributed by atoms with E-state index >= 15 is 0 Å². The van der Waals surface area contributed by atoms with Gasteiger partial charge in [0.1, 0.15) is 11.5 Å². The summed E-state index contributed by atoms with van der Waals surface area (Å²) >= 11 is 3.41. The molecule has 0 bridgehead atoms. The smallest absolute Gasteiger partial charge is 0.295 e. The Labute approximate surface area is 172 Å². The van der Waals surface area contributed by atoms with Gasteiger partial charge in [-0.1, -0.05) is 41.4 Å². The number of amides is 1. The number of ether oxygens (including phenoxy) is 1. The first-order chi connectivity index (χ1) is 13.5. The molecule has 1 aliphatic rings. The fraction of sp³-hybridized carbons (Fsp3) is 0.273. The number of aliphatic hydroxyl groups excluding tert-OH is 1. The lowest BCUT2D eigenvalue weighted by molar-refractivity contribution is -0.139. The van der Waals surface area contributed by atoms with E-state index < -0.39 is 17.7 Å². The van der Waals surface area contributed by atoms with E-state index in [0.717, 1.165) is 22.9 Å². The zero-order chi connectivity index (χ0) is 20.3. The van der Waals surface area contributed by atoms with E-state index in [1.54, 1.807) is 36.3 Å². The number of aliphatic hydroxyl groups is 1. The fourth-order valence-electron chi connectivity index (χ4n) is 3.34. The van der Waals surface area contributed by atoms with Crippen LogP contribution in [-0.4, -0.2) is 35.4 Å². The summed E-state index contributed by atoms with van der Waals surface area (Å²) in [5, 5.41) is 10.9. The monoisotopic (exact) mass is 443 g/mol. The first kappa shape index (κ1) is 20.1. The predicted molar refractivity (Wildman–Crippen MR) is 111 cm³/mol. The standard InChI is InChI=1S/C22H22BrNO4/c1-3-4-13-24-19(14-5-9-16(23)10-6-14)18(21(26)22(24)27)20(25)15-7-11-17(28-2)12-8-15/h5-12,19,25H,3-4,13H2,1-2H3/b20-18+. The van der Waals surface area contributed by atoms with Gasteiger partial charge in [-0.3, -0.25) is 9.59 Å². The quantitative estimate of drug-likeness (QED) is 0.399. The number of rotatable bonds is 6. The van der Waals surface area contributed by atoms with E-state index in [2.05, 4.69) is 15.9 Å². The number of benzene rings is 2. The highest BCUT2D eigenvalue weighted by Gasteiger charge is 2.45. The summed E-state index contributed by atoms with van der Waals surface area (Å²) in [6.07, 6.45) is 1.68. The summed E-state index contributed by atoms with van der Waals surface area (Å²) < 4.78 is 6.04. The molecule has 1 aliphatic heterocycles. The molecule has 1 unspecified atom stereocenters. The molecule has 5 nitrogen and oxygen atoms in total. The van der Waals surface area contributed by atoms with Gasteiger partial charge in [-0.15, -0.1) is 0 Å². The van der Waals surface area contributed by atoms with E-state index in [1.807, 2.05) is 31.2 Å². The van der Waals surface area contributed by atoms with Gasteiger partial charge in [0.15, 0.2) is 0 Å². The third kappa shape index (κ3) is 3.83. The number of carbonyl (C=O) groups is 2. The van der Waals surface area contributed by atoms with Crippen molar-refractivity contribution in [2.75, 3.05) is 13.7 Å². The molecule has 1 N–H and O–H groups in total. The zero-order valence-electron chi connectivity index (χ0n) is 15.8. The summed E-state index contributed by atoms with van der Waals surface area (Å²) in [6.45, 7) is 2.49. The van der Waals surface area contributed by atoms with E-state index in [9.17, 15) is 14.7 Å². The number of hydrogen-bond acceptors (Lipinski definition) is 4. The third-order valence-corrected chi connectivity index (χ3v) is 5.37. The summed E-state index contributed by atoms with van der Waals surface area (Å²) in [5.41, 5.74) is 1.37. The molecule has 1 amide bonds. The fourth-order valence-corrected chi connectivity index (χ4v) is 3.60. The van der Waals surface area contributed by atoms with Gasteiger partial charge in [0.2, 0.25) is 0 Å². The number of hydrogen-bond donors (Lipinski definition) is 1. The Morgan fingerprint density at radius 3 is 2.32 bits per heavy atom. The van der Waals surface area contributed by atoms with Crippen LogP contribution in [0.3, 0.4) is 0 Å². The molecule has 1 fully saturated rings. The maximum absolute atomic E-state index is 12.8. The normalized spacial score (nSPS) is 18.5. The topological polar surface area (TPSA) is 66.8 Å². The Kier molecular flexibility index (Phi) is 6.19. The van der Waals surface area contributed by atoms with Crippen LogP contribution in [0.4, 0.5) is 0 Å². The van der Waals surface area contributed by atoms with Crippen molar-refractivity contribution in [3.63, 3.8) is 0 Å². The van der Waals surface area contributed by atoms with Crippen molar-refractivity contribution in [2.24, 2.45) is 0 Å². The molecule has 2 aromatic rings. The Hall–Kier alpha value is -2.60. The highest BCUT2D eigenvalue weighted by molar-refractivity contribution is 9.10. The maximum Gasteiger partial charge on any atom is 0.295 e. The van der Waals surface area contributed by atoms with Crippen LogP contribution in [-0.2, 0) is 9.59 Å². The Bertz CT molecular complexity index is 903. The Morgan fingerprint density at radius 1 is 1.11 bits per heavy atom. The lowest BCUT2D eigenvalue weighted by Crippen LogP contribution is -2.30. The summed E-state index contributed by atoms with van der Waals surface area (Å²) in [4.78, 5) is 27.1. The minimum atomic E-state index is -0.655. The van der Waals surface area contributed by atoms with Gasteiger partial charge in [-0.2, -0.15) is 0 Å². The summed E-state index contributed by atoms with van der Waals surface area (Å²) in [5.74, 6) is -0.758. The van der Waals surface area contributed by atoms with E-state index in [-0.39, 0.29) is 11.3 Å². The molecule has 1 atom stereocenters. The molecule has 0 spiro atoms. The highest BCUT2D eigenvalue weighted by atomic mass is 79.9. The molecule has 1 heterocycles. The number of methoxy groups -OCH3 is 1. The lowest BCUT2D eigenvalue weighted by Gasteiger charge is -2.25. The van der Waals surface area contributed by atoms with Gasteiger partial charge >= 0.3 is 0 Å². The second kappa shape index (κ2) is 8.61. The Balaban J connectivity index is 2.12. The van der Waals surface area contributed by atoms with Crippen molar-refractivity contribution < 1.29 is 19.4 Å². The molecule has 0 saturated carbocycles. The predicted octanol–water partition coefficient (Wildman–Crippen LogP) is 4.68. The van der Waals surface area contributed by atoms with Gasteiger partial charge in [0.05, 0.1) is 18.7 Å². The van der Waals surface area contributed by atoms with Crippen LogP contribution in [0.25, 0.3) is 5.76 Å². The molecular formula is C22H22BrNO4. The van der Waals surface area contributed by atoms with Crippen molar-refractivity contribution in [1.29, 1.82) is 0 Å². The van der Waals surface area contributed by atoms with Crippen molar-refractivity contribution >= 4 is 33.4 Å². The molecule has 2 aromatic carbocycles. The van der Waals surface area contributed by atoms with Crippen LogP contribution in [0, 0.1) is 0 Å². The number of nitrogens with zero attached hydrogens (tertiary/aromatic N) is 1. The van der Waals surface area contributed by atoms with Crippen LogP contribution in [0.15, 0.2) is 58.6 Å². The van der Waals surface area contributed by atoms with Gasteiger partial charge < -0.3 is 14.7 Å². The molecule has 1 saturated heterocycles. The molecular weight excluding hydrogens is 422 g/mol. The first-order valence-corrected chi connectivity index (χ1v) is 9.95. The molecule has 0 radical (unpaired) electrons. The Morgan fingerprint density at radius 2 is 1.75 bits per heavy atom. The largest absolute Gasteiger partial charge is 0.507 e. The van der Waals surface area contributed by atoms with Crippen LogP contribution in [0.5, 0.6) is 5.75 Å². The second-order valence-electron chi connectivity index (χ2n) is 6.63. The first-order valence-electron chi connectivity index (χ1n) is 9.16. The van der Waals surface area contributed by atoms with Crippen LogP contribution < -0.4 is 4.74 Å². The maximum atomic E-state index is 12.8. The number of likely N-dealkylation sites (tertiary alicyclic amines) is 1. The number of unbranched alkanes of at least 4 members (excludes halogenated alkanes) is 1. The van der Waals surface area contributed by atoms with Crippen LogP contribution in [0.1, 0.15) is 36.9 Å². The minimum absolute atomic E-state index is 0.119. The minimum Gasteiger partial charge on any atom is -0.507 e. The highest BCUT2D eigenvalue weighted by Crippen LogP contribution is 2.40. The van der Waals surface area contributed by atoms with Crippen molar-refractivity contribution in [2.45, 2.75) is 25.8 Å². The molecule has 6 heteroatoms. The van der Waals surface area contributed by atoms with Gasteiger partial charge in [0.25, 0.3) is 11.7 Å².